The lowest BCUT2D eigenvalue weighted by Crippen LogP contribution is -2.22. The van der Waals surface area contributed by atoms with Crippen molar-refractivity contribution >= 4 is 33.3 Å². The molecule has 0 saturated carbocycles. The van der Waals surface area contributed by atoms with Gasteiger partial charge in [0.1, 0.15) is 10.6 Å². The molecule has 0 atom stereocenters. The molecule has 0 bridgehead atoms. The SMILES string of the molecule is CCn1c(SCc2ccc(F)cc2)nc2sc3c(c2c1=O)CCCC3. The summed E-state index contributed by atoms with van der Waals surface area (Å²) in [5.74, 6) is 0.437. The summed E-state index contributed by atoms with van der Waals surface area (Å²) in [5, 5.41) is 1.59. The molecule has 1 aliphatic rings. The molecule has 0 unspecified atom stereocenters. The molecular formula is C19H19FN2OS2. The molecule has 0 amide bonds. The van der Waals surface area contributed by atoms with E-state index in [1.54, 1.807) is 39.8 Å². The van der Waals surface area contributed by atoms with Crippen LogP contribution in [-0.2, 0) is 25.1 Å². The van der Waals surface area contributed by atoms with Crippen LogP contribution in [0.25, 0.3) is 10.2 Å². The summed E-state index contributed by atoms with van der Waals surface area (Å²) >= 11 is 3.23. The van der Waals surface area contributed by atoms with Crippen LogP contribution in [-0.4, -0.2) is 9.55 Å². The van der Waals surface area contributed by atoms with E-state index in [1.165, 1.54) is 29.0 Å². The molecule has 3 nitrogen and oxygen atoms in total. The van der Waals surface area contributed by atoms with E-state index in [1.807, 2.05) is 6.92 Å². The highest BCUT2D eigenvalue weighted by Crippen LogP contribution is 2.35. The van der Waals surface area contributed by atoms with Crippen molar-refractivity contribution in [1.29, 1.82) is 0 Å². The van der Waals surface area contributed by atoms with Crippen molar-refractivity contribution in [3.05, 3.63) is 56.4 Å². The highest BCUT2D eigenvalue weighted by molar-refractivity contribution is 7.98. The fourth-order valence-corrected chi connectivity index (χ4v) is 5.66. The second kappa shape index (κ2) is 6.92. The topological polar surface area (TPSA) is 34.9 Å². The number of halogens is 1. The van der Waals surface area contributed by atoms with Crippen LogP contribution >= 0.6 is 23.1 Å². The molecule has 25 heavy (non-hydrogen) atoms. The zero-order chi connectivity index (χ0) is 17.4. The summed E-state index contributed by atoms with van der Waals surface area (Å²) in [6.07, 6.45) is 4.43. The predicted molar refractivity (Wildman–Crippen MR) is 102 cm³/mol. The second-order valence-electron chi connectivity index (χ2n) is 6.25. The smallest absolute Gasteiger partial charge is 0.263 e. The monoisotopic (exact) mass is 374 g/mol. The van der Waals surface area contributed by atoms with Gasteiger partial charge in [0, 0.05) is 17.2 Å². The van der Waals surface area contributed by atoms with Gasteiger partial charge in [-0.2, -0.15) is 0 Å². The Morgan fingerprint density at radius 2 is 2.00 bits per heavy atom. The van der Waals surface area contributed by atoms with Gasteiger partial charge < -0.3 is 0 Å². The molecule has 6 heteroatoms. The average Bonchev–Trinajstić information content (AvgIpc) is 3.00. The van der Waals surface area contributed by atoms with Crippen LogP contribution in [0.2, 0.25) is 0 Å². The van der Waals surface area contributed by atoms with Crippen molar-refractivity contribution in [3.63, 3.8) is 0 Å². The highest BCUT2D eigenvalue weighted by atomic mass is 32.2. The molecule has 3 aromatic rings. The van der Waals surface area contributed by atoms with Crippen molar-refractivity contribution < 1.29 is 4.39 Å². The number of benzene rings is 1. The van der Waals surface area contributed by atoms with Crippen molar-refractivity contribution in [2.45, 2.75) is 50.1 Å². The van der Waals surface area contributed by atoms with Gasteiger partial charge in [-0.05, 0) is 55.9 Å². The van der Waals surface area contributed by atoms with Gasteiger partial charge in [-0.25, -0.2) is 9.37 Å². The van der Waals surface area contributed by atoms with E-state index in [0.717, 1.165) is 40.2 Å². The van der Waals surface area contributed by atoms with Crippen molar-refractivity contribution in [3.8, 4) is 0 Å². The van der Waals surface area contributed by atoms with Crippen LogP contribution in [0.3, 0.4) is 0 Å². The van der Waals surface area contributed by atoms with Crippen LogP contribution < -0.4 is 5.56 Å². The first-order chi connectivity index (χ1) is 12.2. The Bertz CT molecular complexity index is 976. The number of thioether (sulfide) groups is 1. The Morgan fingerprint density at radius 3 is 2.76 bits per heavy atom. The van der Waals surface area contributed by atoms with Gasteiger partial charge in [0.2, 0.25) is 0 Å². The van der Waals surface area contributed by atoms with Crippen molar-refractivity contribution in [1.82, 2.24) is 9.55 Å². The van der Waals surface area contributed by atoms with Gasteiger partial charge >= 0.3 is 0 Å². The number of rotatable bonds is 4. The van der Waals surface area contributed by atoms with Crippen molar-refractivity contribution in [2.24, 2.45) is 0 Å². The number of aryl methyl sites for hydroxylation is 2. The van der Waals surface area contributed by atoms with Gasteiger partial charge in [-0.1, -0.05) is 23.9 Å². The van der Waals surface area contributed by atoms with Crippen molar-refractivity contribution in [2.75, 3.05) is 0 Å². The van der Waals surface area contributed by atoms with E-state index in [-0.39, 0.29) is 11.4 Å². The molecule has 2 heterocycles. The summed E-state index contributed by atoms with van der Waals surface area (Å²) in [7, 11) is 0. The molecule has 130 valence electrons. The van der Waals surface area contributed by atoms with Crippen LogP contribution in [0.15, 0.2) is 34.2 Å². The third kappa shape index (κ3) is 3.13. The lowest BCUT2D eigenvalue weighted by molar-refractivity contribution is 0.627. The van der Waals surface area contributed by atoms with Crippen LogP contribution in [0, 0.1) is 5.82 Å². The molecule has 1 aromatic carbocycles. The minimum Gasteiger partial charge on any atom is -0.287 e. The third-order valence-electron chi connectivity index (χ3n) is 4.64. The molecule has 0 radical (unpaired) electrons. The number of nitrogens with zero attached hydrogens (tertiary/aromatic N) is 2. The summed E-state index contributed by atoms with van der Waals surface area (Å²) in [5.41, 5.74) is 2.35. The maximum atomic E-state index is 13.0. The normalized spacial score (nSPS) is 14.0. The van der Waals surface area contributed by atoms with E-state index in [0.29, 0.717) is 12.3 Å². The lowest BCUT2D eigenvalue weighted by atomic mass is 9.97. The van der Waals surface area contributed by atoms with Crippen LogP contribution in [0.5, 0.6) is 0 Å². The summed E-state index contributed by atoms with van der Waals surface area (Å²) in [6, 6.07) is 6.48. The number of hydrogen-bond donors (Lipinski definition) is 0. The summed E-state index contributed by atoms with van der Waals surface area (Å²) in [6.45, 7) is 2.59. The molecule has 1 aliphatic carbocycles. The Kier molecular flexibility index (Phi) is 4.65. The largest absolute Gasteiger partial charge is 0.287 e. The number of hydrogen-bond acceptors (Lipinski definition) is 4. The molecule has 0 spiro atoms. The van der Waals surface area contributed by atoms with Gasteiger partial charge in [0.25, 0.3) is 5.56 Å². The Balaban J connectivity index is 1.73. The van der Waals surface area contributed by atoms with Gasteiger partial charge in [0.05, 0.1) is 5.39 Å². The van der Waals surface area contributed by atoms with Crippen LogP contribution in [0.1, 0.15) is 35.8 Å². The first-order valence-electron chi connectivity index (χ1n) is 8.59. The number of thiophene rings is 1. The number of fused-ring (bicyclic) bond motifs is 3. The van der Waals surface area contributed by atoms with E-state index in [4.69, 9.17) is 4.98 Å². The minimum atomic E-state index is -0.233. The lowest BCUT2D eigenvalue weighted by Gasteiger charge is -2.12. The Morgan fingerprint density at radius 1 is 1.24 bits per heavy atom. The molecule has 0 fully saturated rings. The molecule has 0 N–H and O–H groups in total. The Hall–Kier alpha value is -1.66. The zero-order valence-electron chi connectivity index (χ0n) is 14.0. The maximum Gasteiger partial charge on any atom is 0.263 e. The van der Waals surface area contributed by atoms with E-state index < -0.39 is 0 Å². The van der Waals surface area contributed by atoms with E-state index in [2.05, 4.69) is 0 Å². The standard InChI is InChI=1S/C19H19FN2OS2/c1-2-22-18(23)16-14-5-3-4-6-15(14)25-17(16)21-19(22)24-11-12-7-9-13(20)10-8-12/h7-10H,2-6,11H2,1H3. The van der Waals surface area contributed by atoms with Crippen LogP contribution in [0.4, 0.5) is 4.39 Å². The Labute approximate surface area is 153 Å². The quantitative estimate of drug-likeness (QED) is 0.486. The first kappa shape index (κ1) is 16.8. The predicted octanol–water partition coefficient (Wildman–Crippen LogP) is 4.79. The van der Waals surface area contributed by atoms with Gasteiger partial charge in [0.15, 0.2) is 5.16 Å². The zero-order valence-corrected chi connectivity index (χ0v) is 15.7. The van der Waals surface area contributed by atoms with E-state index >= 15 is 0 Å². The van der Waals surface area contributed by atoms with E-state index in [9.17, 15) is 9.18 Å². The molecule has 0 aliphatic heterocycles. The number of aromatic nitrogens is 2. The first-order valence-corrected chi connectivity index (χ1v) is 10.4. The summed E-state index contributed by atoms with van der Waals surface area (Å²) < 4.78 is 14.8. The summed E-state index contributed by atoms with van der Waals surface area (Å²) in [4.78, 5) is 20.1. The molecule has 0 saturated heterocycles. The molecular weight excluding hydrogens is 355 g/mol. The minimum absolute atomic E-state index is 0.0912. The molecule has 2 aromatic heterocycles. The fraction of sp³-hybridized carbons (Fsp3) is 0.368. The molecule has 4 rings (SSSR count). The van der Waals surface area contributed by atoms with Gasteiger partial charge in [-0.15, -0.1) is 11.3 Å². The second-order valence-corrected chi connectivity index (χ2v) is 8.28. The maximum absolute atomic E-state index is 13.0. The fourth-order valence-electron chi connectivity index (χ4n) is 3.34. The average molecular weight is 375 g/mol. The third-order valence-corrected chi connectivity index (χ3v) is 6.87. The highest BCUT2D eigenvalue weighted by Gasteiger charge is 2.21. The van der Waals surface area contributed by atoms with Gasteiger partial charge in [-0.3, -0.25) is 9.36 Å².